The maximum Gasteiger partial charge on any atom is 0.416 e. The third-order valence-electron chi connectivity index (χ3n) is 4.24. The Morgan fingerprint density at radius 3 is 2.44 bits per heavy atom. The molecule has 138 valence electrons. The fourth-order valence-electron chi connectivity index (χ4n) is 2.80. The van der Waals surface area contributed by atoms with Crippen molar-refractivity contribution in [2.45, 2.75) is 19.0 Å². The number of amides is 2. The van der Waals surface area contributed by atoms with Crippen LogP contribution in [0.15, 0.2) is 18.2 Å². The number of alkyl halides is 3. The van der Waals surface area contributed by atoms with Gasteiger partial charge >= 0.3 is 6.18 Å². The van der Waals surface area contributed by atoms with Gasteiger partial charge in [-0.05, 0) is 42.3 Å². The molecular weight excluding hydrogens is 354 g/mol. The second-order valence-electron chi connectivity index (χ2n) is 6.08. The average Bonchev–Trinajstić information content (AvgIpc) is 2.58. The van der Waals surface area contributed by atoms with Crippen LogP contribution in [0.25, 0.3) is 0 Å². The lowest BCUT2D eigenvalue weighted by Crippen LogP contribution is -2.43. The zero-order valence-electron chi connectivity index (χ0n) is 13.6. The lowest BCUT2D eigenvalue weighted by molar-refractivity contribution is -0.137. The first-order valence-corrected chi connectivity index (χ1v) is 8.52. The highest BCUT2D eigenvalue weighted by Crippen LogP contribution is 2.29. The summed E-state index contributed by atoms with van der Waals surface area (Å²) >= 11 is 0. The van der Waals surface area contributed by atoms with Crippen molar-refractivity contribution in [3.63, 3.8) is 0 Å². The van der Waals surface area contributed by atoms with Crippen molar-refractivity contribution in [2.75, 3.05) is 26.2 Å². The molecule has 0 aromatic heterocycles. The molecular formula is C16H21F3N3O2P. The predicted octanol–water partition coefficient (Wildman–Crippen LogP) is 1.13. The number of benzene rings is 1. The minimum absolute atomic E-state index is 0.0180. The lowest BCUT2D eigenvalue weighted by Gasteiger charge is -2.31. The maximum atomic E-state index is 12.8. The third-order valence-corrected chi connectivity index (χ3v) is 4.57. The van der Waals surface area contributed by atoms with E-state index >= 15 is 0 Å². The number of nitrogens with one attached hydrogen (secondary N) is 1. The molecule has 0 saturated carbocycles. The van der Waals surface area contributed by atoms with Crippen molar-refractivity contribution in [3.05, 3.63) is 29.3 Å². The summed E-state index contributed by atoms with van der Waals surface area (Å²) in [6.07, 6.45) is -3.04. The minimum Gasteiger partial charge on any atom is -0.352 e. The van der Waals surface area contributed by atoms with E-state index in [1.165, 1.54) is 6.07 Å². The minimum atomic E-state index is -4.50. The lowest BCUT2D eigenvalue weighted by atomic mass is 9.96. The van der Waals surface area contributed by atoms with Crippen LogP contribution in [0.5, 0.6) is 0 Å². The number of halogens is 3. The van der Waals surface area contributed by atoms with E-state index in [0.29, 0.717) is 24.9 Å². The SMILES string of the molecule is NCC(=O)N1CCC(CNC(=O)c2cc(P)cc(C(F)(F)F)c2)CC1. The van der Waals surface area contributed by atoms with E-state index < -0.39 is 17.6 Å². The third kappa shape index (κ3) is 5.41. The summed E-state index contributed by atoms with van der Waals surface area (Å²) in [4.78, 5) is 25.4. The van der Waals surface area contributed by atoms with Gasteiger partial charge in [0.15, 0.2) is 0 Å². The van der Waals surface area contributed by atoms with E-state index in [9.17, 15) is 22.8 Å². The Bertz CT molecular complexity index is 644. The largest absolute Gasteiger partial charge is 0.416 e. The molecule has 0 aliphatic carbocycles. The Morgan fingerprint density at radius 2 is 1.88 bits per heavy atom. The number of carbonyl (C=O) groups excluding carboxylic acids is 2. The topological polar surface area (TPSA) is 75.4 Å². The summed E-state index contributed by atoms with van der Waals surface area (Å²) < 4.78 is 38.5. The molecule has 1 heterocycles. The molecule has 1 atom stereocenters. The summed E-state index contributed by atoms with van der Waals surface area (Å²) in [5, 5.41) is 2.99. The van der Waals surface area contributed by atoms with Crippen LogP contribution in [0.3, 0.4) is 0 Å². The van der Waals surface area contributed by atoms with Gasteiger partial charge in [0.1, 0.15) is 0 Å². The molecule has 1 unspecified atom stereocenters. The number of carbonyl (C=O) groups is 2. The van der Waals surface area contributed by atoms with Crippen LogP contribution in [-0.4, -0.2) is 42.9 Å². The van der Waals surface area contributed by atoms with Crippen molar-refractivity contribution in [1.82, 2.24) is 10.2 Å². The Hall–Kier alpha value is -1.66. The van der Waals surface area contributed by atoms with Gasteiger partial charge in [-0.15, -0.1) is 9.24 Å². The molecule has 3 N–H and O–H groups in total. The van der Waals surface area contributed by atoms with Gasteiger partial charge in [0.25, 0.3) is 5.91 Å². The first kappa shape index (κ1) is 19.7. The molecule has 9 heteroatoms. The average molecular weight is 375 g/mol. The van der Waals surface area contributed by atoms with Crippen molar-refractivity contribution >= 4 is 26.4 Å². The molecule has 2 amide bonds. The summed E-state index contributed by atoms with van der Waals surface area (Å²) in [6, 6.07) is 3.23. The van der Waals surface area contributed by atoms with Gasteiger partial charge in [-0.1, -0.05) is 0 Å². The number of likely N-dealkylation sites (tertiary alicyclic amines) is 1. The van der Waals surface area contributed by atoms with Crippen LogP contribution < -0.4 is 16.4 Å². The normalized spacial score (nSPS) is 16.0. The van der Waals surface area contributed by atoms with Crippen LogP contribution in [-0.2, 0) is 11.0 Å². The van der Waals surface area contributed by atoms with E-state index in [1.807, 2.05) is 0 Å². The number of hydrogen-bond acceptors (Lipinski definition) is 3. The van der Waals surface area contributed by atoms with Gasteiger partial charge in [-0.3, -0.25) is 9.59 Å². The summed E-state index contributed by atoms with van der Waals surface area (Å²) in [7, 11) is 2.18. The zero-order chi connectivity index (χ0) is 18.6. The highest BCUT2D eigenvalue weighted by atomic mass is 31.0. The highest BCUT2D eigenvalue weighted by molar-refractivity contribution is 7.27. The Labute approximate surface area is 146 Å². The number of rotatable bonds is 4. The molecule has 5 nitrogen and oxygen atoms in total. The molecule has 2 rings (SSSR count). The van der Waals surface area contributed by atoms with Crippen LogP contribution in [0.2, 0.25) is 0 Å². The summed E-state index contributed by atoms with van der Waals surface area (Å²) in [5.74, 6) is -0.443. The summed E-state index contributed by atoms with van der Waals surface area (Å²) in [6.45, 7) is 1.51. The molecule has 1 fully saturated rings. The van der Waals surface area contributed by atoms with Gasteiger partial charge in [0, 0.05) is 25.2 Å². The van der Waals surface area contributed by atoms with Crippen LogP contribution >= 0.6 is 9.24 Å². The molecule has 25 heavy (non-hydrogen) atoms. The van der Waals surface area contributed by atoms with E-state index in [1.54, 1.807) is 4.90 Å². The highest BCUT2D eigenvalue weighted by Gasteiger charge is 2.31. The van der Waals surface area contributed by atoms with Crippen LogP contribution in [0.1, 0.15) is 28.8 Å². The number of piperidine rings is 1. The van der Waals surface area contributed by atoms with Gasteiger partial charge in [-0.2, -0.15) is 13.2 Å². The molecule has 1 aromatic rings. The molecule has 1 aromatic carbocycles. The number of hydrogen-bond donors (Lipinski definition) is 2. The van der Waals surface area contributed by atoms with Gasteiger partial charge in [0.05, 0.1) is 12.1 Å². The van der Waals surface area contributed by atoms with Gasteiger partial charge in [0.2, 0.25) is 5.91 Å². The zero-order valence-corrected chi connectivity index (χ0v) is 14.8. The van der Waals surface area contributed by atoms with E-state index in [2.05, 4.69) is 14.6 Å². The Balaban J connectivity index is 1.91. The van der Waals surface area contributed by atoms with Crippen molar-refractivity contribution in [1.29, 1.82) is 0 Å². The van der Waals surface area contributed by atoms with Crippen molar-refractivity contribution in [3.8, 4) is 0 Å². The smallest absolute Gasteiger partial charge is 0.352 e. The molecule has 1 saturated heterocycles. The van der Waals surface area contributed by atoms with Crippen molar-refractivity contribution < 1.29 is 22.8 Å². The van der Waals surface area contributed by atoms with Gasteiger partial charge in [-0.25, -0.2) is 0 Å². The molecule has 0 spiro atoms. The first-order valence-electron chi connectivity index (χ1n) is 7.94. The first-order chi connectivity index (χ1) is 11.7. The second kappa shape index (κ2) is 8.15. The summed E-state index contributed by atoms with van der Waals surface area (Å²) in [5.41, 5.74) is 4.46. The maximum absolute atomic E-state index is 12.8. The van der Waals surface area contributed by atoms with Gasteiger partial charge < -0.3 is 16.0 Å². The molecule has 0 radical (unpaired) electrons. The molecule has 1 aliphatic heterocycles. The Morgan fingerprint density at radius 1 is 1.24 bits per heavy atom. The fourth-order valence-corrected chi connectivity index (χ4v) is 3.16. The molecule has 1 aliphatic rings. The molecule has 0 bridgehead atoms. The van der Waals surface area contributed by atoms with E-state index in [4.69, 9.17) is 5.73 Å². The Kier molecular flexibility index (Phi) is 6.41. The number of nitrogens with zero attached hydrogens (tertiary/aromatic N) is 1. The quantitative estimate of drug-likeness (QED) is 0.775. The van der Waals surface area contributed by atoms with Crippen LogP contribution in [0.4, 0.5) is 13.2 Å². The standard InChI is InChI=1S/C16H21F3N3O2P/c17-16(18,19)12-5-11(6-13(25)7-12)15(24)21-9-10-1-3-22(4-2-10)14(23)8-20/h5-7,10H,1-4,8-9,20,25H2,(H,21,24). The second-order valence-corrected chi connectivity index (χ2v) is 6.75. The monoisotopic (exact) mass is 375 g/mol. The number of nitrogens with two attached hydrogens (primary N) is 1. The predicted molar refractivity (Wildman–Crippen MR) is 91.5 cm³/mol. The fraction of sp³-hybridized carbons (Fsp3) is 0.500. The van der Waals surface area contributed by atoms with E-state index in [-0.39, 0.29) is 23.9 Å². The van der Waals surface area contributed by atoms with Crippen molar-refractivity contribution in [2.24, 2.45) is 11.7 Å². The van der Waals surface area contributed by atoms with Crippen LogP contribution in [0, 0.1) is 5.92 Å². The van der Waals surface area contributed by atoms with E-state index in [0.717, 1.165) is 25.0 Å².